The van der Waals surface area contributed by atoms with E-state index in [9.17, 15) is 14.7 Å². The fraction of sp³-hybridized carbons (Fsp3) is 0.833. The average molecular weight is 261 g/mol. The summed E-state index contributed by atoms with van der Waals surface area (Å²) in [6.07, 6.45) is -2.01. The summed E-state index contributed by atoms with van der Waals surface area (Å²) in [5, 5.41) is 20.7. The van der Waals surface area contributed by atoms with Gasteiger partial charge in [-0.15, -0.1) is 0 Å². The first-order valence-electron chi connectivity index (χ1n) is 5.93. The Hall–Kier alpha value is -1.30. The van der Waals surface area contributed by atoms with Crippen LogP contribution in [0.2, 0.25) is 0 Å². The molecule has 0 aliphatic carbocycles. The van der Waals surface area contributed by atoms with Crippen LogP contribution in [0, 0.1) is 5.92 Å². The van der Waals surface area contributed by atoms with Crippen LogP contribution in [0.15, 0.2) is 0 Å². The second kappa shape index (κ2) is 6.58. The number of nitrogens with one attached hydrogen (secondary N) is 1. The third kappa shape index (κ3) is 7.11. The van der Waals surface area contributed by atoms with E-state index in [1.54, 1.807) is 20.8 Å². The van der Waals surface area contributed by atoms with Gasteiger partial charge in [0.25, 0.3) is 0 Å². The summed E-state index contributed by atoms with van der Waals surface area (Å²) in [4.78, 5) is 22.3. The number of carboxylic acids is 1. The number of aliphatic carboxylic acids is 1. The molecule has 0 aromatic rings. The molecular formula is C12H23NO5. The molecule has 0 spiro atoms. The van der Waals surface area contributed by atoms with Crippen molar-refractivity contribution in [2.24, 2.45) is 5.92 Å². The van der Waals surface area contributed by atoms with Gasteiger partial charge in [0.1, 0.15) is 5.60 Å². The third-order valence-electron chi connectivity index (χ3n) is 2.06. The van der Waals surface area contributed by atoms with Gasteiger partial charge in [-0.25, -0.2) is 9.59 Å². The summed E-state index contributed by atoms with van der Waals surface area (Å²) in [5.41, 5.74) is -0.666. The van der Waals surface area contributed by atoms with Crippen LogP contribution in [0.1, 0.15) is 41.0 Å². The van der Waals surface area contributed by atoms with Gasteiger partial charge in [-0.05, 0) is 33.1 Å². The molecule has 0 unspecified atom stereocenters. The first-order valence-corrected chi connectivity index (χ1v) is 5.93. The Morgan fingerprint density at radius 3 is 2.11 bits per heavy atom. The van der Waals surface area contributed by atoms with Gasteiger partial charge in [-0.2, -0.15) is 0 Å². The molecule has 0 aliphatic heterocycles. The van der Waals surface area contributed by atoms with E-state index in [0.717, 1.165) is 0 Å². The van der Waals surface area contributed by atoms with Crippen LogP contribution < -0.4 is 5.32 Å². The number of carbonyl (C=O) groups is 2. The van der Waals surface area contributed by atoms with Crippen molar-refractivity contribution in [2.75, 3.05) is 0 Å². The highest BCUT2D eigenvalue weighted by atomic mass is 16.6. The number of alkyl carbamates (subject to hydrolysis) is 1. The van der Waals surface area contributed by atoms with Crippen molar-refractivity contribution in [1.29, 1.82) is 0 Å². The largest absolute Gasteiger partial charge is 0.479 e. The van der Waals surface area contributed by atoms with E-state index in [-0.39, 0.29) is 5.92 Å². The molecule has 0 saturated heterocycles. The smallest absolute Gasteiger partial charge is 0.407 e. The lowest BCUT2D eigenvalue weighted by Gasteiger charge is -2.26. The molecule has 0 aromatic carbocycles. The van der Waals surface area contributed by atoms with E-state index in [0.29, 0.717) is 6.42 Å². The maximum Gasteiger partial charge on any atom is 0.407 e. The average Bonchev–Trinajstić information content (AvgIpc) is 2.11. The highest BCUT2D eigenvalue weighted by Crippen LogP contribution is 2.11. The summed E-state index contributed by atoms with van der Waals surface area (Å²) in [5.74, 6) is -1.23. The van der Waals surface area contributed by atoms with Gasteiger partial charge >= 0.3 is 12.1 Å². The molecule has 0 rings (SSSR count). The summed E-state index contributed by atoms with van der Waals surface area (Å²) in [6.45, 7) is 8.86. The molecule has 6 heteroatoms. The quantitative estimate of drug-likeness (QED) is 0.694. The fourth-order valence-corrected chi connectivity index (χ4v) is 1.41. The number of carboxylic acid groups (broad SMARTS) is 1. The highest BCUT2D eigenvalue weighted by molar-refractivity contribution is 5.75. The fourth-order valence-electron chi connectivity index (χ4n) is 1.41. The molecule has 3 N–H and O–H groups in total. The molecule has 0 radical (unpaired) electrons. The van der Waals surface area contributed by atoms with E-state index in [2.05, 4.69) is 5.32 Å². The lowest BCUT2D eigenvalue weighted by molar-refractivity contribution is -0.148. The van der Waals surface area contributed by atoms with Crippen LogP contribution in [-0.2, 0) is 9.53 Å². The van der Waals surface area contributed by atoms with E-state index in [1.807, 2.05) is 13.8 Å². The molecule has 0 aromatic heterocycles. The highest BCUT2D eigenvalue weighted by Gasteiger charge is 2.29. The van der Waals surface area contributed by atoms with Gasteiger partial charge in [-0.3, -0.25) is 0 Å². The van der Waals surface area contributed by atoms with Crippen LogP contribution >= 0.6 is 0 Å². The van der Waals surface area contributed by atoms with Gasteiger partial charge in [-0.1, -0.05) is 13.8 Å². The Morgan fingerprint density at radius 1 is 1.28 bits per heavy atom. The Balaban J connectivity index is 4.59. The van der Waals surface area contributed by atoms with Crippen LogP contribution in [0.3, 0.4) is 0 Å². The first-order chi connectivity index (χ1) is 8.03. The van der Waals surface area contributed by atoms with Crippen molar-refractivity contribution in [3.8, 4) is 0 Å². The van der Waals surface area contributed by atoms with Crippen molar-refractivity contribution in [3.05, 3.63) is 0 Å². The van der Waals surface area contributed by atoms with Crippen LogP contribution in [0.25, 0.3) is 0 Å². The van der Waals surface area contributed by atoms with Crippen LogP contribution in [-0.4, -0.2) is 40.0 Å². The zero-order valence-corrected chi connectivity index (χ0v) is 11.6. The molecule has 0 fully saturated rings. The minimum atomic E-state index is -1.64. The topological polar surface area (TPSA) is 95.9 Å². The summed E-state index contributed by atoms with van der Waals surface area (Å²) >= 11 is 0. The molecule has 2 atom stereocenters. The van der Waals surface area contributed by atoms with Crippen molar-refractivity contribution in [2.45, 2.75) is 58.8 Å². The molecule has 106 valence electrons. The minimum absolute atomic E-state index is 0.138. The number of aliphatic hydroxyl groups is 1. The van der Waals surface area contributed by atoms with Gasteiger partial charge in [0.05, 0.1) is 6.04 Å². The molecular weight excluding hydrogens is 238 g/mol. The van der Waals surface area contributed by atoms with E-state index in [1.165, 1.54) is 0 Å². The lowest BCUT2D eigenvalue weighted by Crippen LogP contribution is -2.49. The summed E-state index contributed by atoms with van der Waals surface area (Å²) < 4.78 is 5.03. The number of rotatable bonds is 5. The Kier molecular flexibility index (Phi) is 6.11. The molecule has 0 aliphatic rings. The molecule has 0 saturated carbocycles. The van der Waals surface area contributed by atoms with E-state index in [4.69, 9.17) is 9.84 Å². The first kappa shape index (κ1) is 16.7. The molecule has 6 nitrogen and oxygen atoms in total. The zero-order chi connectivity index (χ0) is 14.5. The number of aliphatic hydroxyl groups excluding tert-OH is 1. The molecule has 18 heavy (non-hydrogen) atoms. The van der Waals surface area contributed by atoms with Crippen LogP contribution in [0.4, 0.5) is 4.79 Å². The van der Waals surface area contributed by atoms with Crippen molar-refractivity contribution < 1.29 is 24.5 Å². The SMILES string of the molecule is CC(C)C[C@@H](NC(=O)OC(C)(C)C)[C@H](O)C(=O)O. The van der Waals surface area contributed by atoms with Crippen LogP contribution in [0.5, 0.6) is 0 Å². The van der Waals surface area contributed by atoms with Gasteiger partial charge in [0.15, 0.2) is 6.10 Å². The van der Waals surface area contributed by atoms with Crippen molar-refractivity contribution in [3.63, 3.8) is 0 Å². The van der Waals surface area contributed by atoms with Gasteiger partial charge in [0.2, 0.25) is 0 Å². The predicted octanol–water partition coefficient (Wildman–Crippen LogP) is 1.37. The Labute approximate surface area is 107 Å². The molecule has 1 amide bonds. The maximum atomic E-state index is 11.5. The Morgan fingerprint density at radius 2 is 1.78 bits per heavy atom. The normalized spacial score (nSPS) is 15.1. The Bertz CT molecular complexity index is 295. The standard InChI is InChI=1S/C12H23NO5/c1-7(2)6-8(9(14)10(15)16)13-11(17)18-12(3,4)5/h7-9,14H,6H2,1-5H3,(H,13,17)(H,15,16)/t8-,9+/m1/s1. The van der Waals surface area contributed by atoms with E-state index < -0.39 is 29.8 Å². The number of amides is 1. The van der Waals surface area contributed by atoms with Crippen molar-refractivity contribution >= 4 is 12.1 Å². The minimum Gasteiger partial charge on any atom is -0.479 e. The third-order valence-corrected chi connectivity index (χ3v) is 2.06. The van der Waals surface area contributed by atoms with Gasteiger partial charge < -0.3 is 20.3 Å². The molecule has 0 bridgehead atoms. The number of carbonyl (C=O) groups excluding carboxylic acids is 1. The maximum absolute atomic E-state index is 11.5. The van der Waals surface area contributed by atoms with E-state index >= 15 is 0 Å². The second-order valence-corrected chi connectivity index (χ2v) is 5.67. The summed E-state index contributed by atoms with van der Waals surface area (Å²) in [7, 11) is 0. The number of hydrogen-bond acceptors (Lipinski definition) is 4. The predicted molar refractivity (Wildman–Crippen MR) is 66.3 cm³/mol. The second-order valence-electron chi connectivity index (χ2n) is 5.67. The zero-order valence-electron chi connectivity index (χ0n) is 11.6. The summed E-state index contributed by atoms with van der Waals surface area (Å²) in [6, 6.07) is -0.864. The number of ether oxygens (including phenoxy) is 1. The van der Waals surface area contributed by atoms with Gasteiger partial charge in [0, 0.05) is 0 Å². The monoisotopic (exact) mass is 261 g/mol. The molecule has 0 heterocycles. The van der Waals surface area contributed by atoms with Crippen molar-refractivity contribution in [1.82, 2.24) is 5.32 Å². The lowest BCUT2D eigenvalue weighted by atomic mass is 9.99. The number of hydrogen-bond donors (Lipinski definition) is 3.